The van der Waals surface area contributed by atoms with Crippen molar-refractivity contribution in [1.82, 2.24) is 9.78 Å². The summed E-state index contributed by atoms with van der Waals surface area (Å²) in [4.78, 5) is 13.4. The minimum atomic E-state index is -0.254. The topological polar surface area (TPSA) is 44.1 Å². The summed E-state index contributed by atoms with van der Waals surface area (Å²) in [5.74, 6) is -0.254. The lowest BCUT2D eigenvalue weighted by molar-refractivity contribution is 0.0606. The first kappa shape index (κ1) is 12.7. The maximum Gasteiger partial charge on any atom is 0.348 e. The van der Waals surface area contributed by atoms with E-state index in [9.17, 15) is 4.79 Å². The van der Waals surface area contributed by atoms with E-state index in [0.29, 0.717) is 10.9 Å². The summed E-state index contributed by atoms with van der Waals surface area (Å²) < 4.78 is 6.94. The first-order chi connectivity index (χ1) is 9.20. The molecule has 0 aliphatic heterocycles. The van der Waals surface area contributed by atoms with Crippen LogP contribution in [0.1, 0.15) is 53.5 Å². The standard InChI is InChI=1S/C14H18N2O2S/c1-9-11-8-12(14(17)18-2)19-13(11)16(15-9)10-6-4-3-5-7-10/h8,10H,3-7H2,1-2H3. The smallest absolute Gasteiger partial charge is 0.348 e. The van der Waals surface area contributed by atoms with E-state index in [1.165, 1.54) is 50.6 Å². The van der Waals surface area contributed by atoms with Crippen LogP contribution in [0.25, 0.3) is 10.2 Å². The van der Waals surface area contributed by atoms with Crippen LogP contribution in [0.4, 0.5) is 0 Å². The van der Waals surface area contributed by atoms with Crippen LogP contribution in [0.2, 0.25) is 0 Å². The molecule has 0 saturated heterocycles. The van der Waals surface area contributed by atoms with E-state index in [1.807, 2.05) is 13.0 Å². The van der Waals surface area contributed by atoms with Gasteiger partial charge in [0.2, 0.25) is 0 Å². The van der Waals surface area contributed by atoms with Crippen molar-refractivity contribution in [3.05, 3.63) is 16.6 Å². The molecule has 2 heterocycles. The first-order valence-corrected chi connectivity index (χ1v) is 7.59. The molecule has 0 unspecified atom stereocenters. The number of esters is 1. The summed E-state index contributed by atoms with van der Waals surface area (Å²) in [6.45, 7) is 2.01. The Morgan fingerprint density at radius 1 is 1.42 bits per heavy atom. The van der Waals surface area contributed by atoms with Gasteiger partial charge in [0, 0.05) is 5.39 Å². The second-order valence-electron chi connectivity index (χ2n) is 5.14. The van der Waals surface area contributed by atoms with Gasteiger partial charge >= 0.3 is 5.97 Å². The second kappa shape index (κ2) is 4.96. The maximum atomic E-state index is 11.6. The molecule has 102 valence electrons. The Bertz CT molecular complexity index is 608. The quantitative estimate of drug-likeness (QED) is 0.787. The van der Waals surface area contributed by atoms with E-state index >= 15 is 0 Å². The van der Waals surface area contributed by atoms with Gasteiger partial charge in [0.15, 0.2) is 0 Å². The van der Waals surface area contributed by atoms with Gasteiger partial charge in [0.25, 0.3) is 0 Å². The summed E-state index contributed by atoms with van der Waals surface area (Å²) in [7, 11) is 1.42. The van der Waals surface area contributed by atoms with E-state index in [0.717, 1.165) is 15.9 Å². The van der Waals surface area contributed by atoms with Crippen LogP contribution < -0.4 is 0 Å². The Kier molecular flexibility index (Phi) is 3.31. The minimum absolute atomic E-state index is 0.254. The third-order valence-electron chi connectivity index (χ3n) is 3.88. The fourth-order valence-electron chi connectivity index (χ4n) is 2.85. The van der Waals surface area contributed by atoms with Gasteiger partial charge in [0.1, 0.15) is 9.71 Å². The summed E-state index contributed by atoms with van der Waals surface area (Å²) in [5, 5.41) is 5.77. The molecule has 4 nitrogen and oxygen atoms in total. The van der Waals surface area contributed by atoms with Gasteiger partial charge in [-0.3, -0.25) is 4.68 Å². The fraction of sp³-hybridized carbons (Fsp3) is 0.571. The number of methoxy groups -OCH3 is 1. The van der Waals surface area contributed by atoms with Gasteiger partial charge in [-0.05, 0) is 25.8 Å². The van der Waals surface area contributed by atoms with Gasteiger partial charge in [-0.25, -0.2) is 4.79 Å². The molecular weight excluding hydrogens is 260 g/mol. The van der Waals surface area contributed by atoms with Crippen molar-refractivity contribution >= 4 is 27.5 Å². The maximum absolute atomic E-state index is 11.6. The Balaban J connectivity index is 2.04. The lowest BCUT2D eigenvalue weighted by Gasteiger charge is -2.22. The molecule has 0 amide bonds. The van der Waals surface area contributed by atoms with Crippen LogP contribution in [0, 0.1) is 6.92 Å². The molecule has 0 spiro atoms. The van der Waals surface area contributed by atoms with Crippen LogP contribution >= 0.6 is 11.3 Å². The Morgan fingerprint density at radius 2 is 2.16 bits per heavy atom. The zero-order valence-corrected chi connectivity index (χ0v) is 12.1. The van der Waals surface area contributed by atoms with Crippen molar-refractivity contribution < 1.29 is 9.53 Å². The van der Waals surface area contributed by atoms with Gasteiger partial charge in [-0.15, -0.1) is 11.3 Å². The van der Waals surface area contributed by atoms with Crippen molar-refractivity contribution in [1.29, 1.82) is 0 Å². The van der Waals surface area contributed by atoms with Crippen LogP contribution in [-0.2, 0) is 4.74 Å². The number of carbonyl (C=O) groups is 1. The average molecular weight is 278 g/mol. The van der Waals surface area contributed by atoms with Crippen molar-refractivity contribution in [2.24, 2.45) is 0 Å². The van der Waals surface area contributed by atoms with Crippen molar-refractivity contribution in [2.45, 2.75) is 45.1 Å². The number of aryl methyl sites for hydroxylation is 1. The lowest BCUT2D eigenvalue weighted by Crippen LogP contribution is -2.13. The molecule has 3 rings (SSSR count). The Hall–Kier alpha value is -1.36. The van der Waals surface area contributed by atoms with Crippen LogP contribution in [-0.4, -0.2) is 22.9 Å². The monoisotopic (exact) mass is 278 g/mol. The number of carbonyl (C=O) groups excluding carboxylic acids is 1. The van der Waals surface area contributed by atoms with E-state index < -0.39 is 0 Å². The number of thiophene rings is 1. The van der Waals surface area contributed by atoms with Crippen LogP contribution in [0.15, 0.2) is 6.07 Å². The zero-order chi connectivity index (χ0) is 13.4. The van der Waals surface area contributed by atoms with E-state index in [4.69, 9.17) is 4.74 Å². The highest BCUT2D eigenvalue weighted by Gasteiger charge is 2.22. The molecule has 5 heteroatoms. The van der Waals surface area contributed by atoms with Crippen molar-refractivity contribution in [3.63, 3.8) is 0 Å². The molecule has 2 aromatic rings. The molecule has 0 bridgehead atoms. The van der Waals surface area contributed by atoms with E-state index in [-0.39, 0.29) is 5.97 Å². The summed E-state index contributed by atoms with van der Waals surface area (Å²) in [5.41, 5.74) is 1.01. The third-order valence-corrected chi connectivity index (χ3v) is 4.98. The Morgan fingerprint density at radius 3 is 2.84 bits per heavy atom. The highest BCUT2D eigenvalue weighted by Crippen LogP contribution is 2.35. The number of ether oxygens (including phenoxy) is 1. The normalized spacial score (nSPS) is 16.9. The fourth-order valence-corrected chi connectivity index (χ4v) is 4.00. The molecule has 2 aromatic heterocycles. The molecule has 1 aliphatic carbocycles. The molecule has 1 fully saturated rings. The highest BCUT2D eigenvalue weighted by molar-refractivity contribution is 7.20. The summed E-state index contributed by atoms with van der Waals surface area (Å²) >= 11 is 1.50. The van der Waals surface area contributed by atoms with Crippen LogP contribution in [0.5, 0.6) is 0 Å². The lowest BCUT2D eigenvalue weighted by atomic mass is 9.96. The van der Waals surface area contributed by atoms with Crippen molar-refractivity contribution in [3.8, 4) is 0 Å². The summed E-state index contributed by atoms with van der Waals surface area (Å²) in [6, 6.07) is 2.40. The molecular formula is C14H18N2O2S. The predicted molar refractivity (Wildman–Crippen MR) is 75.8 cm³/mol. The number of hydrogen-bond donors (Lipinski definition) is 0. The molecule has 1 saturated carbocycles. The largest absolute Gasteiger partial charge is 0.465 e. The third kappa shape index (κ3) is 2.16. The molecule has 0 radical (unpaired) electrons. The minimum Gasteiger partial charge on any atom is -0.465 e. The Labute approximate surface area is 116 Å². The number of fused-ring (bicyclic) bond motifs is 1. The SMILES string of the molecule is COC(=O)c1cc2c(C)nn(C3CCCCC3)c2s1. The molecule has 0 aromatic carbocycles. The first-order valence-electron chi connectivity index (χ1n) is 6.77. The number of hydrogen-bond acceptors (Lipinski definition) is 4. The van der Waals surface area contributed by atoms with Gasteiger partial charge in [0.05, 0.1) is 18.8 Å². The number of aromatic nitrogens is 2. The molecule has 19 heavy (non-hydrogen) atoms. The second-order valence-corrected chi connectivity index (χ2v) is 6.17. The van der Waals surface area contributed by atoms with Gasteiger partial charge in [-0.1, -0.05) is 19.3 Å². The van der Waals surface area contributed by atoms with Crippen molar-refractivity contribution in [2.75, 3.05) is 7.11 Å². The molecule has 1 aliphatic rings. The summed E-state index contributed by atoms with van der Waals surface area (Å²) in [6.07, 6.45) is 6.28. The molecule has 0 atom stereocenters. The van der Waals surface area contributed by atoms with E-state index in [2.05, 4.69) is 9.78 Å². The number of nitrogens with zero attached hydrogens (tertiary/aromatic N) is 2. The molecule has 0 N–H and O–H groups in total. The highest BCUT2D eigenvalue weighted by atomic mass is 32.1. The van der Waals surface area contributed by atoms with Crippen LogP contribution in [0.3, 0.4) is 0 Å². The van der Waals surface area contributed by atoms with Gasteiger partial charge in [-0.2, -0.15) is 5.10 Å². The number of rotatable bonds is 2. The predicted octanol–water partition coefficient (Wildman–Crippen LogP) is 3.70. The van der Waals surface area contributed by atoms with Gasteiger partial charge < -0.3 is 4.74 Å². The zero-order valence-electron chi connectivity index (χ0n) is 11.3. The van der Waals surface area contributed by atoms with E-state index in [1.54, 1.807) is 0 Å². The average Bonchev–Trinajstić information content (AvgIpc) is 3.00.